The van der Waals surface area contributed by atoms with Crippen LogP contribution in [0.15, 0.2) is 39.6 Å². The van der Waals surface area contributed by atoms with E-state index in [0.29, 0.717) is 5.69 Å². The molecule has 0 saturated carbocycles. The first-order chi connectivity index (χ1) is 9.36. The first-order valence-corrected chi connectivity index (χ1v) is 7.56. The molecule has 108 valence electrons. The highest BCUT2D eigenvalue weighted by molar-refractivity contribution is 7.92. The minimum atomic E-state index is -3.70. The summed E-state index contributed by atoms with van der Waals surface area (Å²) >= 11 is 0. The number of hydrogen-bond acceptors (Lipinski definition) is 4. The maximum atomic E-state index is 12.6. The molecule has 1 aromatic heterocycles. The number of benzene rings is 1. The Kier molecular flexibility index (Phi) is 3.87. The number of nitrogens with zero attached hydrogens (tertiary/aromatic N) is 1. The number of sulfonamides is 1. The fourth-order valence-corrected chi connectivity index (χ4v) is 3.28. The number of aliphatic hydroxyl groups is 1. The third kappa shape index (κ3) is 2.57. The summed E-state index contributed by atoms with van der Waals surface area (Å²) in [7, 11) is -2.21. The first kappa shape index (κ1) is 14.6. The summed E-state index contributed by atoms with van der Waals surface area (Å²) in [5.74, 6) is 0.506. The fourth-order valence-electron chi connectivity index (χ4n) is 1.90. The van der Waals surface area contributed by atoms with Crippen molar-refractivity contribution in [2.24, 2.45) is 0 Å². The van der Waals surface area contributed by atoms with E-state index in [-0.39, 0.29) is 23.0 Å². The molecule has 0 aliphatic carbocycles. The number of rotatable bonds is 4. The highest BCUT2D eigenvalue weighted by Gasteiger charge is 2.26. The zero-order valence-corrected chi connectivity index (χ0v) is 12.4. The van der Waals surface area contributed by atoms with E-state index >= 15 is 0 Å². The first-order valence-electron chi connectivity index (χ1n) is 6.12. The van der Waals surface area contributed by atoms with Gasteiger partial charge in [0.25, 0.3) is 10.0 Å². The summed E-state index contributed by atoms with van der Waals surface area (Å²) < 4.78 is 31.5. The second kappa shape index (κ2) is 5.30. The van der Waals surface area contributed by atoms with Gasteiger partial charge in [0.1, 0.15) is 23.0 Å². The lowest BCUT2D eigenvalue weighted by Crippen LogP contribution is -2.26. The zero-order chi connectivity index (χ0) is 14.9. The Labute approximate surface area is 118 Å². The van der Waals surface area contributed by atoms with Crippen molar-refractivity contribution in [3.05, 3.63) is 47.4 Å². The van der Waals surface area contributed by atoms with Gasteiger partial charge in [-0.1, -0.05) is 17.7 Å². The Hall–Kier alpha value is -1.79. The Bertz CT molecular complexity index is 701. The molecule has 1 heterocycles. The quantitative estimate of drug-likeness (QED) is 0.939. The van der Waals surface area contributed by atoms with Gasteiger partial charge in [0.05, 0.1) is 5.69 Å². The van der Waals surface area contributed by atoms with E-state index in [2.05, 4.69) is 0 Å². The molecule has 0 unspecified atom stereocenters. The molecule has 0 bridgehead atoms. The molecule has 0 spiro atoms. The average Bonchev–Trinajstić information content (AvgIpc) is 2.81. The van der Waals surface area contributed by atoms with Gasteiger partial charge < -0.3 is 9.52 Å². The van der Waals surface area contributed by atoms with Crippen molar-refractivity contribution in [1.29, 1.82) is 0 Å². The Morgan fingerprint density at radius 3 is 2.30 bits per heavy atom. The van der Waals surface area contributed by atoms with Crippen molar-refractivity contribution in [3.63, 3.8) is 0 Å². The van der Waals surface area contributed by atoms with Gasteiger partial charge >= 0.3 is 0 Å². The van der Waals surface area contributed by atoms with E-state index in [1.807, 2.05) is 19.1 Å². The normalized spacial score (nSPS) is 11.6. The van der Waals surface area contributed by atoms with Gasteiger partial charge in [0.15, 0.2) is 0 Å². The molecular formula is C14H17NO4S. The SMILES string of the molecule is Cc1ccc(N(C)S(=O)(=O)c2cc(CO)oc2C)cc1. The van der Waals surface area contributed by atoms with E-state index < -0.39 is 10.0 Å². The second-order valence-corrected chi connectivity index (χ2v) is 6.54. The van der Waals surface area contributed by atoms with E-state index in [1.165, 1.54) is 17.4 Å². The molecule has 1 N–H and O–H groups in total. The molecule has 6 heteroatoms. The van der Waals surface area contributed by atoms with Crippen molar-refractivity contribution in [1.82, 2.24) is 0 Å². The van der Waals surface area contributed by atoms with Crippen molar-refractivity contribution in [2.45, 2.75) is 25.3 Å². The lowest BCUT2D eigenvalue weighted by atomic mass is 10.2. The monoisotopic (exact) mass is 295 g/mol. The van der Waals surface area contributed by atoms with Gasteiger partial charge in [-0.15, -0.1) is 0 Å². The van der Waals surface area contributed by atoms with Gasteiger partial charge in [0, 0.05) is 13.1 Å². The zero-order valence-electron chi connectivity index (χ0n) is 11.6. The molecule has 0 aliphatic rings. The lowest BCUT2D eigenvalue weighted by Gasteiger charge is -2.19. The number of aliphatic hydroxyl groups excluding tert-OH is 1. The molecule has 0 aliphatic heterocycles. The number of aryl methyl sites for hydroxylation is 2. The van der Waals surface area contributed by atoms with Crippen LogP contribution >= 0.6 is 0 Å². The summed E-state index contributed by atoms with van der Waals surface area (Å²) in [6, 6.07) is 8.55. The van der Waals surface area contributed by atoms with Crippen molar-refractivity contribution < 1.29 is 17.9 Å². The predicted molar refractivity (Wildman–Crippen MR) is 76.1 cm³/mol. The third-order valence-electron chi connectivity index (χ3n) is 3.12. The Morgan fingerprint density at radius 2 is 1.80 bits per heavy atom. The second-order valence-electron chi connectivity index (χ2n) is 4.60. The van der Waals surface area contributed by atoms with Gasteiger partial charge in [-0.05, 0) is 26.0 Å². The van der Waals surface area contributed by atoms with E-state index in [4.69, 9.17) is 9.52 Å². The Morgan fingerprint density at radius 1 is 1.20 bits per heavy atom. The van der Waals surface area contributed by atoms with Crippen molar-refractivity contribution >= 4 is 15.7 Å². The molecular weight excluding hydrogens is 278 g/mol. The van der Waals surface area contributed by atoms with Crippen LogP contribution in [0.3, 0.4) is 0 Å². The van der Waals surface area contributed by atoms with Crippen LogP contribution in [0.5, 0.6) is 0 Å². The largest absolute Gasteiger partial charge is 0.462 e. The smallest absolute Gasteiger partial charge is 0.267 e. The minimum absolute atomic E-state index is 0.0737. The lowest BCUT2D eigenvalue weighted by molar-refractivity contribution is 0.244. The van der Waals surface area contributed by atoms with Crippen LogP contribution in [0.4, 0.5) is 5.69 Å². The summed E-state index contributed by atoms with van der Waals surface area (Å²) in [6.07, 6.45) is 0. The molecule has 1 aromatic carbocycles. The van der Waals surface area contributed by atoms with Crippen molar-refractivity contribution in [2.75, 3.05) is 11.4 Å². The van der Waals surface area contributed by atoms with E-state index in [1.54, 1.807) is 19.1 Å². The van der Waals surface area contributed by atoms with Crippen LogP contribution in [-0.2, 0) is 16.6 Å². The van der Waals surface area contributed by atoms with Crippen LogP contribution in [0.2, 0.25) is 0 Å². The Balaban J connectivity index is 2.43. The third-order valence-corrected chi connectivity index (χ3v) is 5.01. The van der Waals surface area contributed by atoms with Crippen LogP contribution in [0.1, 0.15) is 17.1 Å². The molecule has 5 nitrogen and oxygen atoms in total. The van der Waals surface area contributed by atoms with Crippen LogP contribution in [0.25, 0.3) is 0 Å². The highest BCUT2D eigenvalue weighted by atomic mass is 32.2. The highest BCUT2D eigenvalue weighted by Crippen LogP contribution is 2.26. The van der Waals surface area contributed by atoms with Crippen LogP contribution in [0, 0.1) is 13.8 Å². The molecule has 0 saturated heterocycles. The van der Waals surface area contributed by atoms with Gasteiger partial charge in [-0.3, -0.25) is 4.31 Å². The molecule has 0 fully saturated rings. The van der Waals surface area contributed by atoms with Crippen LogP contribution in [-0.4, -0.2) is 20.6 Å². The molecule has 0 atom stereocenters. The number of hydrogen-bond donors (Lipinski definition) is 1. The predicted octanol–water partition coefficient (Wildman–Crippen LogP) is 2.21. The molecule has 2 aromatic rings. The summed E-state index contributed by atoms with van der Waals surface area (Å²) in [6.45, 7) is 3.17. The van der Waals surface area contributed by atoms with Crippen molar-refractivity contribution in [3.8, 4) is 0 Å². The standard InChI is InChI=1S/C14H17NO4S/c1-10-4-6-12(7-5-10)15(3)20(17,18)14-8-13(9-16)19-11(14)2/h4-8,16H,9H2,1-3H3. The van der Waals surface area contributed by atoms with E-state index in [9.17, 15) is 8.42 Å². The van der Waals surface area contributed by atoms with Gasteiger partial charge in [-0.25, -0.2) is 8.42 Å². The number of furan rings is 1. The molecule has 0 radical (unpaired) electrons. The topological polar surface area (TPSA) is 70.8 Å². The molecule has 2 rings (SSSR count). The molecule has 0 amide bonds. The van der Waals surface area contributed by atoms with Gasteiger partial charge in [-0.2, -0.15) is 0 Å². The maximum Gasteiger partial charge on any atom is 0.267 e. The minimum Gasteiger partial charge on any atom is -0.462 e. The summed E-state index contributed by atoms with van der Waals surface area (Å²) in [5, 5.41) is 9.03. The summed E-state index contributed by atoms with van der Waals surface area (Å²) in [4.78, 5) is 0.0737. The maximum absolute atomic E-state index is 12.6. The van der Waals surface area contributed by atoms with Crippen LogP contribution < -0.4 is 4.31 Å². The fraction of sp³-hybridized carbons (Fsp3) is 0.286. The average molecular weight is 295 g/mol. The molecule has 20 heavy (non-hydrogen) atoms. The summed E-state index contributed by atoms with van der Waals surface area (Å²) in [5.41, 5.74) is 1.63. The van der Waals surface area contributed by atoms with Gasteiger partial charge in [0.2, 0.25) is 0 Å². The van der Waals surface area contributed by atoms with E-state index in [0.717, 1.165) is 5.56 Å². The number of anilines is 1.